The van der Waals surface area contributed by atoms with Gasteiger partial charge in [0.05, 0.1) is 5.56 Å². The summed E-state index contributed by atoms with van der Waals surface area (Å²) in [4.78, 5) is 0. The summed E-state index contributed by atoms with van der Waals surface area (Å²) in [5, 5.41) is 11.3. The minimum absolute atomic E-state index is 0.0958. The number of rotatable bonds is 2. The Morgan fingerprint density at radius 1 is 0.962 bits per heavy atom. The fourth-order valence-corrected chi connectivity index (χ4v) is 3.81. The molecule has 26 heavy (non-hydrogen) atoms. The van der Waals surface area contributed by atoms with Crippen LogP contribution in [0.2, 0.25) is 0 Å². The van der Waals surface area contributed by atoms with Gasteiger partial charge in [-0.2, -0.15) is 13.2 Å². The quantitative estimate of drug-likeness (QED) is 0.430. The van der Waals surface area contributed by atoms with Crippen LogP contribution in [0.3, 0.4) is 0 Å². The van der Waals surface area contributed by atoms with Crippen LogP contribution in [0.15, 0.2) is 36.4 Å². The number of benzene rings is 2. The summed E-state index contributed by atoms with van der Waals surface area (Å²) in [6, 6.07) is 9.18. The van der Waals surface area contributed by atoms with E-state index in [0.717, 1.165) is 17.2 Å². The van der Waals surface area contributed by atoms with E-state index in [0.29, 0.717) is 5.30 Å². The van der Waals surface area contributed by atoms with Crippen LogP contribution in [0.4, 0.5) is 13.2 Å². The molecule has 2 rings (SSSR count). The van der Waals surface area contributed by atoms with Gasteiger partial charge in [0.1, 0.15) is 5.75 Å². The Kier molecular flexibility index (Phi) is 8.97. The van der Waals surface area contributed by atoms with Gasteiger partial charge in [-0.15, -0.1) is 0 Å². The van der Waals surface area contributed by atoms with Gasteiger partial charge in [-0.05, 0) is 35.3 Å². The molecule has 1 atom stereocenters. The second-order valence-electron chi connectivity index (χ2n) is 6.70. The molecule has 1 unspecified atom stereocenters. The third-order valence-corrected chi connectivity index (χ3v) is 4.92. The monoisotopic (exact) mass is 458 g/mol. The molecule has 2 aromatic carbocycles. The van der Waals surface area contributed by atoms with E-state index < -0.39 is 28.8 Å². The third-order valence-electron chi connectivity index (χ3n) is 3.56. The molecular formula is C18H20Cl2F3OPTi. The number of phenols is 1. The Balaban J connectivity index is 0.00000105. The third kappa shape index (κ3) is 6.73. The predicted molar refractivity (Wildman–Crippen MR) is 102 cm³/mol. The minimum atomic E-state index is -4.39. The van der Waals surface area contributed by atoms with Crippen LogP contribution in [-0.2, 0) is 28.6 Å². The van der Waals surface area contributed by atoms with Gasteiger partial charge in [0.25, 0.3) is 0 Å². The Labute approximate surface area is 170 Å². The van der Waals surface area contributed by atoms with Crippen molar-refractivity contribution in [1.82, 2.24) is 0 Å². The first-order valence-electron chi connectivity index (χ1n) is 7.65. The van der Waals surface area contributed by atoms with E-state index in [1.54, 1.807) is 12.1 Å². The fraction of sp³-hybridized carbons (Fsp3) is 0.333. The zero-order chi connectivity index (χ0) is 20.1. The summed E-state index contributed by atoms with van der Waals surface area (Å²) >= 11 is -0.556. The first-order chi connectivity index (χ1) is 11.9. The van der Waals surface area contributed by atoms with Gasteiger partial charge in [0, 0.05) is 10.9 Å². The van der Waals surface area contributed by atoms with Crippen LogP contribution >= 0.6 is 27.2 Å². The van der Waals surface area contributed by atoms with Crippen molar-refractivity contribution in [2.45, 2.75) is 39.3 Å². The summed E-state index contributed by atoms with van der Waals surface area (Å²) in [6.07, 6.45) is -4.39. The maximum atomic E-state index is 13.1. The van der Waals surface area contributed by atoms with Gasteiger partial charge < -0.3 is 5.11 Å². The SMILES string of the molecule is Cc1cc(Pc2ccccc2C(F)(F)F)c(O)c(C(C)(C)C)c1.[Cl][Ti][Cl]. The molecule has 0 amide bonds. The Morgan fingerprint density at radius 3 is 2.00 bits per heavy atom. The predicted octanol–water partition coefficient (Wildman–Crippen LogP) is 6.02. The van der Waals surface area contributed by atoms with E-state index in [4.69, 9.17) is 18.6 Å². The van der Waals surface area contributed by atoms with Crippen LogP contribution in [0, 0.1) is 6.92 Å². The first-order valence-corrected chi connectivity index (χ1v) is 12.9. The molecule has 0 radical (unpaired) electrons. The molecular weight excluding hydrogens is 439 g/mol. The van der Waals surface area contributed by atoms with Crippen molar-refractivity contribution in [2.75, 3.05) is 0 Å². The average Bonchev–Trinajstić information content (AvgIpc) is 2.50. The number of hydrogen-bond acceptors (Lipinski definition) is 1. The van der Waals surface area contributed by atoms with Crippen molar-refractivity contribution in [3.63, 3.8) is 0 Å². The van der Waals surface area contributed by atoms with Crippen LogP contribution in [-0.4, -0.2) is 5.11 Å². The molecule has 0 saturated carbocycles. The molecule has 0 saturated heterocycles. The van der Waals surface area contributed by atoms with Crippen LogP contribution in [0.1, 0.15) is 37.5 Å². The Morgan fingerprint density at radius 2 is 1.50 bits per heavy atom. The van der Waals surface area contributed by atoms with Gasteiger partial charge in [0.2, 0.25) is 0 Å². The molecule has 1 N–H and O–H groups in total. The topological polar surface area (TPSA) is 20.2 Å². The summed E-state index contributed by atoms with van der Waals surface area (Å²) in [5.74, 6) is 0.0958. The van der Waals surface area contributed by atoms with Gasteiger partial charge in [-0.25, -0.2) is 0 Å². The van der Waals surface area contributed by atoms with Gasteiger partial charge in [-0.3, -0.25) is 0 Å². The van der Waals surface area contributed by atoms with E-state index in [9.17, 15) is 18.3 Å². The zero-order valence-electron chi connectivity index (χ0n) is 14.8. The molecule has 0 aliphatic carbocycles. The number of phenolic OH excluding ortho intramolecular Hbond substituents is 1. The molecule has 142 valence electrons. The summed E-state index contributed by atoms with van der Waals surface area (Å²) in [7, 11) is 9.53. The molecule has 0 bridgehead atoms. The molecule has 0 fully saturated rings. The van der Waals surface area contributed by atoms with Crippen molar-refractivity contribution >= 4 is 37.8 Å². The van der Waals surface area contributed by atoms with E-state index in [1.165, 1.54) is 12.1 Å². The molecule has 0 spiro atoms. The standard InChI is InChI=1S/C18H20F3OP.2ClH.Ti/c1-11-9-13(17(2,3)4)16(22)15(10-11)23-14-8-6-5-7-12(14)18(19,20)21;;;/h5-10,22-23H,1-4H3;2*1H;/q;;;+2/p-2. The van der Waals surface area contributed by atoms with Crippen molar-refractivity contribution in [1.29, 1.82) is 0 Å². The molecule has 8 heteroatoms. The Bertz CT molecular complexity index is 746. The van der Waals surface area contributed by atoms with E-state index in [1.807, 2.05) is 33.8 Å². The fourth-order valence-electron chi connectivity index (χ4n) is 2.43. The summed E-state index contributed by atoms with van der Waals surface area (Å²) in [5.41, 5.74) is 0.763. The number of hydrogen-bond donors (Lipinski definition) is 1. The number of aryl methyl sites for hydroxylation is 1. The number of alkyl halides is 3. The van der Waals surface area contributed by atoms with Crippen LogP contribution < -0.4 is 10.6 Å². The Hall–Kier alpha value is -0.246. The molecule has 1 nitrogen and oxygen atoms in total. The van der Waals surface area contributed by atoms with Gasteiger partial charge >= 0.3 is 41.8 Å². The van der Waals surface area contributed by atoms with Crippen molar-refractivity contribution < 1.29 is 35.3 Å². The number of aromatic hydroxyl groups is 1. The van der Waals surface area contributed by atoms with Crippen molar-refractivity contribution in [3.05, 3.63) is 53.1 Å². The average molecular weight is 459 g/mol. The van der Waals surface area contributed by atoms with Crippen LogP contribution in [0.5, 0.6) is 5.75 Å². The normalized spacial score (nSPS) is 12.0. The molecule has 0 aliphatic heterocycles. The molecule has 2 aromatic rings. The summed E-state index contributed by atoms with van der Waals surface area (Å²) < 4.78 is 39.4. The molecule has 0 heterocycles. The molecule has 0 aliphatic rings. The van der Waals surface area contributed by atoms with E-state index >= 15 is 0 Å². The summed E-state index contributed by atoms with van der Waals surface area (Å²) in [6.45, 7) is 7.80. The van der Waals surface area contributed by atoms with Crippen molar-refractivity contribution in [3.8, 4) is 5.75 Å². The van der Waals surface area contributed by atoms with Crippen molar-refractivity contribution in [2.24, 2.45) is 0 Å². The first kappa shape index (κ1) is 23.8. The number of halogens is 5. The van der Waals surface area contributed by atoms with Gasteiger partial charge in [-0.1, -0.05) is 53.6 Å². The van der Waals surface area contributed by atoms with Gasteiger partial charge in [0.15, 0.2) is 0 Å². The zero-order valence-corrected chi connectivity index (χ0v) is 18.9. The van der Waals surface area contributed by atoms with E-state index in [-0.39, 0.29) is 25.0 Å². The van der Waals surface area contributed by atoms with Crippen LogP contribution in [0.25, 0.3) is 0 Å². The maximum absolute atomic E-state index is 13.1. The molecule has 0 aromatic heterocycles. The second-order valence-corrected chi connectivity index (χ2v) is 10.6. The second kappa shape index (κ2) is 9.80. The van der Waals surface area contributed by atoms with E-state index in [2.05, 4.69) is 0 Å².